The standard InChI is InChI=1S/C7H16N2O.C7H16N2S.C6H14N2O.C6H14N2S.C5H12N2.C5H11NO.C4H10N2S.CH4/c2*1-5-6-9(4)7(10)8(2)3;2*1-4-5-7-6(9)8(2)3;1-3-4-7-5(2)6;1-3-4-6-5(2)7;1-2-3-6-4(5)7;/h2*5-6H2,1-4H3;2*4-5H2,1-3H3,(H,7,9);3-4H2,1-2H3,(H2,6,7);3-4H2,1-2H3,(H,6,7);2-3H2,1H3,(H3,5,6,7);1H4. The Labute approximate surface area is 386 Å². The predicted octanol–water partition coefficient (Wildman–Crippen LogP) is 5.86. The second-order valence-electron chi connectivity index (χ2n) is 13.7. The molecule has 0 radical (unpaired) electrons. The first-order valence-electron chi connectivity index (χ1n) is 20.7. The summed E-state index contributed by atoms with van der Waals surface area (Å²) in [5, 5.41) is 13.4. The van der Waals surface area contributed by atoms with Crippen LogP contribution in [0.15, 0.2) is 4.99 Å². The maximum absolute atomic E-state index is 11.1. The van der Waals surface area contributed by atoms with Crippen LogP contribution >= 0.6 is 36.7 Å². The summed E-state index contributed by atoms with van der Waals surface area (Å²) in [7, 11) is 18.6. The Morgan fingerprint density at radius 3 is 1.17 bits per heavy atom. The fourth-order valence-electron chi connectivity index (χ4n) is 3.16. The third-order valence-electron chi connectivity index (χ3n) is 6.16. The van der Waals surface area contributed by atoms with Gasteiger partial charge in [-0.25, -0.2) is 9.59 Å². The highest BCUT2D eigenvalue weighted by Gasteiger charge is 2.07. The number of nitrogens with two attached hydrogens (primary N) is 2. The minimum atomic E-state index is -0.0168. The monoisotopic (exact) mass is 916 g/mol. The highest BCUT2D eigenvalue weighted by Crippen LogP contribution is 1.93. The summed E-state index contributed by atoms with van der Waals surface area (Å²) < 4.78 is 0. The van der Waals surface area contributed by atoms with Crippen molar-refractivity contribution < 1.29 is 14.4 Å². The third-order valence-corrected chi connectivity index (χ3v) is 7.49. The quantitative estimate of drug-likeness (QED) is 0.0694. The van der Waals surface area contributed by atoms with E-state index in [-0.39, 0.29) is 25.4 Å². The van der Waals surface area contributed by atoms with Gasteiger partial charge in [0.25, 0.3) is 0 Å². The van der Waals surface area contributed by atoms with Crippen LogP contribution in [0.25, 0.3) is 0 Å². The number of urea groups is 2. The molecule has 60 heavy (non-hydrogen) atoms. The van der Waals surface area contributed by atoms with E-state index in [0.29, 0.717) is 10.9 Å². The van der Waals surface area contributed by atoms with Crippen LogP contribution in [0.5, 0.6) is 0 Å². The summed E-state index contributed by atoms with van der Waals surface area (Å²) in [4.78, 5) is 46.6. The van der Waals surface area contributed by atoms with Crippen LogP contribution in [-0.4, -0.2) is 185 Å². The molecule has 0 aromatic carbocycles. The Balaban J connectivity index is -0.0000000878. The number of carbonyl (C=O) groups excluding carboxylic acids is 3. The number of amides is 5. The van der Waals surface area contributed by atoms with Gasteiger partial charge in [-0.2, -0.15) is 0 Å². The molecule has 0 bridgehead atoms. The molecular weight excluding hydrogens is 819 g/mol. The van der Waals surface area contributed by atoms with Crippen LogP contribution in [0.3, 0.4) is 0 Å². The lowest BCUT2D eigenvalue weighted by Crippen LogP contribution is -2.36. The van der Waals surface area contributed by atoms with Crippen molar-refractivity contribution in [2.75, 3.05) is 116 Å². The lowest BCUT2D eigenvalue weighted by atomic mass is 10.4. The first kappa shape index (κ1) is 74.0. The van der Waals surface area contributed by atoms with E-state index < -0.39 is 0 Å². The number of rotatable bonds is 14. The van der Waals surface area contributed by atoms with E-state index in [4.69, 9.17) is 35.9 Å². The summed E-state index contributed by atoms with van der Waals surface area (Å²) in [6, 6.07) is 0.0544. The average molecular weight is 917 g/mol. The minimum Gasteiger partial charge on any atom is -0.388 e. The first-order chi connectivity index (χ1) is 27.4. The van der Waals surface area contributed by atoms with E-state index in [2.05, 4.69) is 78.0 Å². The lowest BCUT2D eigenvalue weighted by Gasteiger charge is -2.24. The molecule has 0 aliphatic rings. The third kappa shape index (κ3) is 72.2. The van der Waals surface area contributed by atoms with Gasteiger partial charge >= 0.3 is 12.1 Å². The van der Waals surface area contributed by atoms with Crippen LogP contribution in [0.4, 0.5) is 9.59 Å². The molecule has 0 fully saturated rings. The molecule has 5 amide bonds. The van der Waals surface area contributed by atoms with Crippen molar-refractivity contribution >= 4 is 75.8 Å². The van der Waals surface area contributed by atoms with Crippen molar-refractivity contribution in [3.05, 3.63) is 0 Å². The fraction of sp³-hybridized carbons (Fsp3) is 0.829. The van der Waals surface area contributed by atoms with E-state index in [0.717, 1.165) is 101 Å². The van der Waals surface area contributed by atoms with Crippen molar-refractivity contribution in [2.24, 2.45) is 16.5 Å². The second kappa shape index (κ2) is 55.5. The average Bonchev–Trinajstić information content (AvgIpc) is 3.17. The molecule has 8 N–H and O–H groups in total. The summed E-state index contributed by atoms with van der Waals surface area (Å²) >= 11 is 14.6. The molecule has 0 aliphatic carbocycles. The van der Waals surface area contributed by atoms with Crippen molar-refractivity contribution in [2.45, 2.75) is 115 Å². The number of nitrogens with zero attached hydrogens (tertiary/aromatic N) is 7. The number of thiocarbonyl (C=S) groups is 3. The summed E-state index contributed by atoms with van der Waals surface area (Å²) in [5.74, 6) is 0.740. The maximum Gasteiger partial charge on any atom is 0.319 e. The van der Waals surface area contributed by atoms with E-state index in [1.54, 1.807) is 44.9 Å². The minimum absolute atomic E-state index is 0. The number of carbonyl (C=O) groups is 3. The summed E-state index contributed by atoms with van der Waals surface area (Å²) in [6.45, 7) is 24.0. The molecule has 0 saturated carbocycles. The molecule has 0 atom stereocenters. The van der Waals surface area contributed by atoms with Crippen LogP contribution in [0, 0.1) is 0 Å². The number of nitrogens with one attached hydrogen (secondary N) is 4. The molecule has 362 valence electrons. The van der Waals surface area contributed by atoms with Gasteiger partial charge in [-0.05, 0) is 88.5 Å². The zero-order valence-electron chi connectivity index (χ0n) is 41.1. The molecule has 0 aromatic rings. The Morgan fingerprint density at radius 1 is 0.517 bits per heavy atom. The van der Waals surface area contributed by atoms with Gasteiger partial charge in [-0.15, -0.1) is 0 Å². The number of hydrogen-bond acceptors (Lipinski definition) is 7. The van der Waals surface area contributed by atoms with Gasteiger partial charge in [0.15, 0.2) is 15.3 Å². The molecule has 16 nitrogen and oxygen atoms in total. The van der Waals surface area contributed by atoms with Gasteiger partial charge in [0.05, 0.1) is 5.84 Å². The van der Waals surface area contributed by atoms with Crippen LogP contribution < -0.4 is 32.7 Å². The maximum atomic E-state index is 11.1. The predicted molar refractivity (Wildman–Crippen MR) is 276 cm³/mol. The van der Waals surface area contributed by atoms with Crippen molar-refractivity contribution in [3.8, 4) is 0 Å². The van der Waals surface area contributed by atoms with Gasteiger partial charge in [0.1, 0.15) is 0 Å². The van der Waals surface area contributed by atoms with Gasteiger partial charge in [0.2, 0.25) is 5.91 Å². The largest absolute Gasteiger partial charge is 0.388 e. The highest BCUT2D eigenvalue weighted by atomic mass is 32.1. The molecule has 0 spiro atoms. The SMILES string of the molecule is C.CCCN(C)C(=O)N(C)C.CCCN(C)C(=S)N(C)C.CCCN=C(C)N.CCCNC(=O)N(C)C.CCCNC(=S)N(C)C.CCCNC(C)=O.CCCNC(N)=S. The Kier molecular flexibility index (Phi) is 68.5. The van der Waals surface area contributed by atoms with Gasteiger partial charge < -0.3 is 62.1 Å². The highest BCUT2D eigenvalue weighted by molar-refractivity contribution is 7.80. The Morgan fingerprint density at radius 2 is 0.917 bits per heavy atom. The number of amidine groups is 1. The van der Waals surface area contributed by atoms with Crippen molar-refractivity contribution in [3.63, 3.8) is 0 Å². The van der Waals surface area contributed by atoms with Gasteiger partial charge in [-0.1, -0.05) is 55.9 Å². The molecule has 0 aromatic heterocycles. The second-order valence-corrected chi connectivity index (χ2v) is 14.9. The molecule has 0 saturated heterocycles. The van der Waals surface area contributed by atoms with E-state index >= 15 is 0 Å². The van der Waals surface area contributed by atoms with E-state index in [1.807, 2.05) is 65.9 Å². The molecule has 0 rings (SSSR count). The van der Waals surface area contributed by atoms with Crippen LogP contribution in [0.1, 0.15) is 115 Å². The zero-order valence-corrected chi connectivity index (χ0v) is 43.6. The van der Waals surface area contributed by atoms with Gasteiger partial charge in [0, 0.05) is 123 Å². The van der Waals surface area contributed by atoms with E-state index in [9.17, 15) is 14.4 Å². The van der Waals surface area contributed by atoms with Crippen molar-refractivity contribution in [1.29, 1.82) is 0 Å². The van der Waals surface area contributed by atoms with Crippen molar-refractivity contribution in [1.82, 2.24) is 50.7 Å². The smallest absolute Gasteiger partial charge is 0.319 e. The molecule has 0 unspecified atom stereocenters. The fourth-order valence-corrected chi connectivity index (χ4v) is 3.46. The molecule has 19 heteroatoms. The summed E-state index contributed by atoms with van der Waals surface area (Å²) in [5.41, 5.74) is 10.3. The molecular formula is C41H97N13O3S3. The van der Waals surface area contributed by atoms with E-state index in [1.165, 1.54) is 11.8 Å². The Bertz CT molecular complexity index is 977. The van der Waals surface area contributed by atoms with Crippen LogP contribution in [-0.2, 0) is 4.79 Å². The Hall–Kier alpha value is -3.45. The first-order valence-corrected chi connectivity index (χ1v) is 21.9. The van der Waals surface area contributed by atoms with Gasteiger partial charge in [-0.3, -0.25) is 9.79 Å². The zero-order chi connectivity index (χ0) is 47.9. The van der Waals surface area contributed by atoms with Crippen LogP contribution in [0.2, 0.25) is 0 Å². The molecule has 0 heterocycles. The summed E-state index contributed by atoms with van der Waals surface area (Å²) in [6.07, 6.45) is 7.42. The number of hydrogen-bond donors (Lipinski definition) is 6. The normalized spacial score (nSPS) is 9.02. The lowest BCUT2D eigenvalue weighted by molar-refractivity contribution is -0.118. The number of aliphatic imine (C=N–C) groups is 1. The molecule has 0 aliphatic heterocycles. The topological polar surface area (TPSA) is 183 Å².